The summed E-state index contributed by atoms with van der Waals surface area (Å²) in [6.45, 7) is 6.59. The zero-order valence-corrected chi connectivity index (χ0v) is 17.7. The fourth-order valence-corrected chi connectivity index (χ4v) is 3.94. The van der Waals surface area contributed by atoms with Crippen molar-refractivity contribution in [3.05, 3.63) is 70.2 Å². The largest absolute Gasteiger partial charge is 0.497 e. The topological polar surface area (TPSA) is 35.9 Å². The minimum atomic E-state index is -0.374. The molecule has 1 heterocycles. The Kier molecular flexibility index (Phi) is 8.00. The summed E-state index contributed by atoms with van der Waals surface area (Å²) >= 11 is 12.2. The molecule has 1 radical (unpaired) electrons. The highest BCUT2D eigenvalue weighted by Crippen LogP contribution is 2.22. The van der Waals surface area contributed by atoms with Crippen LogP contribution in [0.4, 0.5) is 0 Å². The molecule has 2 aromatic carbocycles. The third-order valence-corrected chi connectivity index (χ3v) is 5.67. The highest BCUT2D eigenvalue weighted by atomic mass is 35.5. The summed E-state index contributed by atoms with van der Waals surface area (Å²) in [6, 6.07) is 13.6. The number of hydrogen-bond donors (Lipinski definition) is 1. The number of hydrogen-bond acceptors (Lipinski definition) is 4. The smallest absolute Gasteiger partial charge is 0.118 e. The molecule has 2 aromatic rings. The van der Waals surface area contributed by atoms with Gasteiger partial charge in [-0.05, 0) is 48.2 Å². The molecule has 151 valence electrons. The Morgan fingerprint density at radius 3 is 2.54 bits per heavy atom. The average Bonchev–Trinajstić information content (AvgIpc) is 2.69. The predicted molar refractivity (Wildman–Crippen MR) is 115 cm³/mol. The number of halogens is 2. The molecule has 6 heteroatoms. The molecule has 1 N–H and O–H groups in total. The normalized spacial score (nSPS) is 16.9. The van der Waals surface area contributed by atoms with Crippen molar-refractivity contribution in [3.8, 4) is 5.75 Å². The number of ether oxygens (including phenoxy) is 1. The van der Waals surface area contributed by atoms with Crippen LogP contribution in [-0.4, -0.2) is 60.8 Å². The van der Waals surface area contributed by atoms with Crippen molar-refractivity contribution in [2.24, 2.45) is 0 Å². The van der Waals surface area contributed by atoms with Crippen molar-refractivity contribution in [1.29, 1.82) is 0 Å². The molecule has 1 fully saturated rings. The van der Waals surface area contributed by atoms with E-state index in [-0.39, 0.29) is 6.10 Å². The summed E-state index contributed by atoms with van der Waals surface area (Å²) in [5.41, 5.74) is 2.24. The van der Waals surface area contributed by atoms with Crippen molar-refractivity contribution < 1.29 is 9.84 Å². The van der Waals surface area contributed by atoms with Gasteiger partial charge in [0.05, 0.1) is 13.2 Å². The molecule has 0 aliphatic carbocycles. The Hall–Kier alpha value is -1.30. The molecule has 0 saturated carbocycles. The summed E-state index contributed by atoms with van der Waals surface area (Å²) in [5, 5.41) is 11.8. The predicted octanol–water partition coefficient (Wildman–Crippen LogP) is 3.93. The van der Waals surface area contributed by atoms with Crippen molar-refractivity contribution in [1.82, 2.24) is 9.80 Å². The Labute approximate surface area is 177 Å². The van der Waals surface area contributed by atoms with Crippen LogP contribution in [-0.2, 0) is 12.8 Å². The van der Waals surface area contributed by atoms with E-state index in [1.54, 1.807) is 13.2 Å². The Morgan fingerprint density at radius 1 is 1.11 bits per heavy atom. The number of methoxy groups -OCH3 is 1. The van der Waals surface area contributed by atoms with Gasteiger partial charge >= 0.3 is 0 Å². The minimum Gasteiger partial charge on any atom is -0.497 e. The highest BCUT2D eigenvalue weighted by Gasteiger charge is 2.20. The maximum atomic E-state index is 10.4. The van der Waals surface area contributed by atoms with Crippen molar-refractivity contribution in [2.45, 2.75) is 18.9 Å². The standard InChI is InChI=1S/C22H27Cl2N2O2/c1-28-21-6-2-17(3-7-21)14-20(27)16-26-12-10-25(11-13-26)9-8-18-4-5-19(23)15-22(18)24/h2-7,10,15,20,27H,8-9,11-14,16H2,1H3. The summed E-state index contributed by atoms with van der Waals surface area (Å²) in [4.78, 5) is 4.62. The molecular formula is C22H27Cl2N2O2. The summed E-state index contributed by atoms with van der Waals surface area (Å²) in [7, 11) is 1.66. The number of piperazine rings is 1. The SMILES string of the molecule is COc1ccc(CC(O)CN2C[CH]N(CCc3ccc(Cl)cc3Cl)CC2)cc1. The first kappa shape index (κ1) is 21.4. The van der Waals surface area contributed by atoms with Crippen LogP contribution in [0.3, 0.4) is 0 Å². The fourth-order valence-electron chi connectivity index (χ4n) is 3.44. The van der Waals surface area contributed by atoms with E-state index in [1.807, 2.05) is 36.4 Å². The highest BCUT2D eigenvalue weighted by molar-refractivity contribution is 6.35. The van der Waals surface area contributed by atoms with Crippen LogP contribution < -0.4 is 4.74 Å². The number of aliphatic hydroxyl groups excluding tert-OH is 1. The molecule has 1 atom stereocenters. The molecule has 1 aliphatic heterocycles. The maximum absolute atomic E-state index is 10.4. The monoisotopic (exact) mass is 421 g/mol. The van der Waals surface area contributed by atoms with E-state index in [0.29, 0.717) is 18.0 Å². The lowest BCUT2D eigenvalue weighted by atomic mass is 10.1. The zero-order chi connectivity index (χ0) is 19.9. The second-order valence-corrected chi connectivity index (χ2v) is 8.01. The molecule has 4 nitrogen and oxygen atoms in total. The first-order valence-electron chi connectivity index (χ1n) is 9.58. The van der Waals surface area contributed by atoms with E-state index in [2.05, 4.69) is 16.3 Å². The van der Waals surface area contributed by atoms with E-state index < -0.39 is 0 Å². The lowest BCUT2D eigenvalue weighted by Gasteiger charge is -2.35. The molecule has 0 amide bonds. The summed E-state index contributed by atoms with van der Waals surface area (Å²) in [6.07, 6.45) is 1.17. The molecular weight excluding hydrogens is 395 g/mol. The summed E-state index contributed by atoms with van der Waals surface area (Å²) in [5.74, 6) is 0.837. The lowest BCUT2D eigenvalue weighted by molar-refractivity contribution is 0.0893. The molecule has 0 aromatic heterocycles. The van der Waals surface area contributed by atoms with Gasteiger partial charge < -0.3 is 9.84 Å². The molecule has 1 aliphatic rings. The van der Waals surface area contributed by atoms with Crippen LogP contribution in [0.5, 0.6) is 5.75 Å². The van der Waals surface area contributed by atoms with E-state index in [9.17, 15) is 5.11 Å². The van der Waals surface area contributed by atoms with Gasteiger partial charge in [0.15, 0.2) is 0 Å². The van der Waals surface area contributed by atoms with Gasteiger partial charge in [-0.1, -0.05) is 41.4 Å². The van der Waals surface area contributed by atoms with Gasteiger partial charge in [-0.25, -0.2) is 0 Å². The molecule has 0 bridgehead atoms. The lowest BCUT2D eigenvalue weighted by Crippen LogP contribution is -2.46. The van der Waals surface area contributed by atoms with Crippen LogP contribution in [0, 0.1) is 6.54 Å². The zero-order valence-electron chi connectivity index (χ0n) is 16.2. The van der Waals surface area contributed by atoms with E-state index >= 15 is 0 Å². The van der Waals surface area contributed by atoms with Gasteiger partial charge in [-0.2, -0.15) is 0 Å². The van der Waals surface area contributed by atoms with Gasteiger partial charge in [-0.3, -0.25) is 9.80 Å². The number of nitrogens with zero attached hydrogens (tertiary/aromatic N) is 2. The van der Waals surface area contributed by atoms with Crippen molar-refractivity contribution in [2.75, 3.05) is 39.8 Å². The van der Waals surface area contributed by atoms with Crippen LogP contribution in [0.25, 0.3) is 0 Å². The van der Waals surface area contributed by atoms with Gasteiger partial charge in [0, 0.05) is 49.3 Å². The second kappa shape index (κ2) is 10.5. The quantitative estimate of drug-likeness (QED) is 0.700. The molecule has 3 rings (SSSR count). The third-order valence-electron chi connectivity index (χ3n) is 5.08. The molecule has 1 unspecified atom stereocenters. The second-order valence-electron chi connectivity index (χ2n) is 7.17. The van der Waals surface area contributed by atoms with E-state index in [0.717, 1.165) is 54.5 Å². The molecule has 0 spiro atoms. The summed E-state index contributed by atoms with van der Waals surface area (Å²) < 4.78 is 5.17. The first-order chi connectivity index (χ1) is 13.5. The van der Waals surface area contributed by atoms with Crippen molar-refractivity contribution in [3.63, 3.8) is 0 Å². The molecule has 28 heavy (non-hydrogen) atoms. The molecule has 1 saturated heterocycles. The van der Waals surface area contributed by atoms with Gasteiger partial charge in [-0.15, -0.1) is 0 Å². The number of benzene rings is 2. The number of β-amino-alcohol motifs (C(OH)–C–C–N with tert-alkyl or cyclic N) is 1. The van der Waals surface area contributed by atoms with E-state index in [4.69, 9.17) is 27.9 Å². The average molecular weight is 422 g/mol. The van der Waals surface area contributed by atoms with Gasteiger partial charge in [0.25, 0.3) is 0 Å². The van der Waals surface area contributed by atoms with Crippen LogP contribution in [0.1, 0.15) is 11.1 Å². The maximum Gasteiger partial charge on any atom is 0.118 e. The fraction of sp³-hybridized carbons (Fsp3) is 0.409. The van der Waals surface area contributed by atoms with Gasteiger partial charge in [0.2, 0.25) is 0 Å². The van der Waals surface area contributed by atoms with Crippen molar-refractivity contribution >= 4 is 23.2 Å². The van der Waals surface area contributed by atoms with Crippen LogP contribution >= 0.6 is 23.2 Å². The minimum absolute atomic E-state index is 0.374. The number of rotatable bonds is 8. The first-order valence-corrected chi connectivity index (χ1v) is 10.3. The van der Waals surface area contributed by atoms with Crippen LogP contribution in [0.15, 0.2) is 42.5 Å². The van der Waals surface area contributed by atoms with E-state index in [1.165, 1.54) is 0 Å². The Morgan fingerprint density at radius 2 is 1.89 bits per heavy atom. The Balaban J connectivity index is 1.38. The Bertz CT molecular complexity index is 747. The third kappa shape index (κ3) is 6.36. The van der Waals surface area contributed by atoms with Crippen LogP contribution in [0.2, 0.25) is 10.0 Å². The number of aliphatic hydroxyl groups is 1. The van der Waals surface area contributed by atoms with Gasteiger partial charge in [0.1, 0.15) is 5.75 Å².